The van der Waals surface area contributed by atoms with Gasteiger partial charge in [0.05, 0.1) is 17.5 Å². The zero-order chi connectivity index (χ0) is 16.9. The molecule has 1 N–H and O–H groups in total. The first-order valence-electron chi connectivity index (χ1n) is 7.23. The number of furan rings is 1. The highest BCUT2D eigenvalue weighted by atomic mass is 32.2. The maximum absolute atomic E-state index is 12.4. The molecule has 0 bridgehead atoms. The number of rotatable bonds is 8. The van der Waals surface area contributed by atoms with Gasteiger partial charge in [0.1, 0.15) is 23.9 Å². The van der Waals surface area contributed by atoms with Crippen LogP contribution in [0.5, 0.6) is 5.75 Å². The molecular formula is C16H21NO5S. The number of hydrogen-bond acceptors (Lipinski definition) is 5. The average Bonchev–Trinajstić information content (AvgIpc) is 2.94. The van der Waals surface area contributed by atoms with E-state index in [1.54, 1.807) is 38.3 Å². The number of sulfonamides is 1. The smallest absolute Gasteiger partial charge is 0.241 e. The molecule has 0 spiro atoms. The number of ether oxygens (including phenoxy) is 2. The van der Waals surface area contributed by atoms with Gasteiger partial charge in [-0.25, -0.2) is 13.1 Å². The molecule has 6 nitrogen and oxygen atoms in total. The normalized spacial score (nSPS) is 13.0. The lowest BCUT2D eigenvalue weighted by atomic mass is 10.3. The lowest BCUT2D eigenvalue weighted by molar-refractivity contribution is 0.146. The van der Waals surface area contributed by atoms with E-state index in [4.69, 9.17) is 13.9 Å². The second-order valence-corrected chi connectivity index (χ2v) is 6.82. The lowest BCUT2D eigenvalue weighted by Crippen LogP contribution is -2.26. The summed E-state index contributed by atoms with van der Waals surface area (Å²) in [5.74, 6) is 1.91. The summed E-state index contributed by atoms with van der Waals surface area (Å²) in [4.78, 5) is 0.173. The van der Waals surface area contributed by atoms with E-state index in [0.29, 0.717) is 24.7 Å². The highest BCUT2D eigenvalue weighted by molar-refractivity contribution is 7.89. The molecule has 1 atom stereocenters. The van der Waals surface area contributed by atoms with Crippen LogP contribution >= 0.6 is 0 Å². The number of hydrogen-bond donors (Lipinski definition) is 1. The van der Waals surface area contributed by atoms with Gasteiger partial charge in [-0.1, -0.05) is 0 Å². The molecule has 0 saturated carbocycles. The summed E-state index contributed by atoms with van der Waals surface area (Å²) in [6.45, 7) is 4.43. The van der Waals surface area contributed by atoms with Crippen molar-refractivity contribution in [2.45, 2.75) is 24.8 Å². The predicted molar refractivity (Wildman–Crippen MR) is 86.0 cm³/mol. The predicted octanol–water partition coefficient (Wildman–Crippen LogP) is 2.65. The van der Waals surface area contributed by atoms with Crippen LogP contribution in [0.1, 0.15) is 24.5 Å². The molecule has 0 unspecified atom stereocenters. The van der Waals surface area contributed by atoms with Crippen LogP contribution in [0.25, 0.3) is 0 Å². The van der Waals surface area contributed by atoms with Gasteiger partial charge in [-0.2, -0.15) is 0 Å². The monoisotopic (exact) mass is 339 g/mol. The van der Waals surface area contributed by atoms with Gasteiger partial charge in [0.2, 0.25) is 10.0 Å². The fourth-order valence-corrected chi connectivity index (χ4v) is 3.21. The van der Waals surface area contributed by atoms with Crippen molar-refractivity contribution in [1.82, 2.24) is 4.72 Å². The molecule has 0 aliphatic heterocycles. The van der Waals surface area contributed by atoms with Gasteiger partial charge >= 0.3 is 0 Å². The zero-order valence-electron chi connectivity index (χ0n) is 13.4. The molecule has 1 heterocycles. The van der Waals surface area contributed by atoms with Crippen molar-refractivity contribution in [1.29, 1.82) is 0 Å². The highest BCUT2D eigenvalue weighted by Crippen LogP contribution is 2.20. The third-order valence-corrected chi connectivity index (χ3v) is 4.77. The van der Waals surface area contributed by atoms with E-state index in [1.807, 2.05) is 6.92 Å². The second-order valence-electron chi connectivity index (χ2n) is 5.10. The fraction of sp³-hybridized carbons (Fsp3) is 0.375. The third-order valence-electron chi connectivity index (χ3n) is 3.21. The maximum atomic E-state index is 12.4. The summed E-state index contributed by atoms with van der Waals surface area (Å²) < 4.78 is 43.1. The van der Waals surface area contributed by atoms with Crippen LogP contribution in [0.3, 0.4) is 0 Å². The van der Waals surface area contributed by atoms with Crippen LogP contribution in [0.15, 0.2) is 45.7 Å². The minimum absolute atomic E-state index is 0.173. The van der Waals surface area contributed by atoms with Crippen LogP contribution in [-0.2, 0) is 14.8 Å². The summed E-state index contributed by atoms with van der Waals surface area (Å²) in [5, 5.41) is 0. The lowest BCUT2D eigenvalue weighted by Gasteiger charge is -2.13. The second kappa shape index (κ2) is 7.63. The number of nitrogens with one attached hydrogen (secondary N) is 1. The zero-order valence-corrected chi connectivity index (χ0v) is 14.2. The SMILES string of the molecule is COCCOc1ccc(S(=O)(=O)N[C@@H](C)c2ccc(C)o2)cc1. The van der Waals surface area contributed by atoms with Crippen molar-refractivity contribution in [2.24, 2.45) is 0 Å². The van der Waals surface area contributed by atoms with Gasteiger partial charge < -0.3 is 13.9 Å². The van der Waals surface area contributed by atoms with Crippen LogP contribution < -0.4 is 9.46 Å². The molecule has 1 aromatic carbocycles. The molecule has 2 aromatic rings. The third kappa shape index (κ3) is 4.82. The van der Waals surface area contributed by atoms with E-state index in [2.05, 4.69) is 4.72 Å². The molecular weight excluding hydrogens is 318 g/mol. The van der Waals surface area contributed by atoms with E-state index in [1.165, 1.54) is 12.1 Å². The van der Waals surface area contributed by atoms with Crippen molar-refractivity contribution in [2.75, 3.05) is 20.3 Å². The fourth-order valence-electron chi connectivity index (χ4n) is 2.00. The molecule has 0 aliphatic carbocycles. The Balaban J connectivity index is 2.04. The van der Waals surface area contributed by atoms with Crippen molar-refractivity contribution in [3.05, 3.63) is 47.9 Å². The highest BCUT2D eigenvalue weighted by Gasteiger charge is 2.20. The van der Waals surface area contributed by atoms with E-state index in [0.717, 1.165) is 5.76 Å². The Kier molecular flexibility index (Phi) is 5.81. The number of aryl methyl sites for hydroxylation is 1. The first-order chi connectivity index (χ1) is 10.9. The minimum Gasteiger partial charge on any atom is -0.491 e. The van der Waals surface area contributed by atoms with Crippen LogP contribution in [-0.4, -0.2) is 28.7 Å². The van der Waals surface area contributed by atoms with Gasteiger partial charge in [-0.3, -0.25) is 0 Å². The Hall–Kier alpha value is -1.83. The summed E-state index contributed by atoms with van der Waals surface area (Å²) in [5.41, 5.74) is 0. The van der Waals surface area contributed by atoms with E-state index in [-0.39, 0.29) is 4.90 Å². The molecule has 7 heteroatoms. The van der Waals surface area contributed by atoms with Gasteiger partial charge in [0, 0.05) is 7.11 Å². The van der Waals surface area contributed by atoms with Crippen LogP contribution in [0, 0.1) is 6.92 Å². The van der Waals surface area contributed by atoms with Crippen molar-refractivity contribution >= 4 is 10.0 Å². The molecule has 2 rings (SSSR count). The van der Waals surface area contributed by atoms with Crippen LogP contribution in [0.4, 0.5) is 0 Å². The molecule has 1 aromatic heterocycles. The van der Waals surface area contributed by atoms with Gasteiger partial charge in [0.25, 0.3) is 0 Å². The molecule has 0 aliphatic rings. The Bertz CT molecular complexity index is 721. The summed E-state index contributed by atoms with van der Waals surface area (Å²) in [7, 11) is -2.04. The topological polar surface area (TPSA) is 77.8 Å². The van der Waals surface area contributed by atoms with Gasteiger partial charge in [-0.15, -0.1) is 0 Å². The number of benzene rings is 1. The largest absolute Gasteiger partial charge is 0.491 e. The minimum atomic E-state index is -3.63. The van der Waals surface area contributed by atoms with E-state index >= 15 is 0 Å². The van der Waals surface area contributed by atoms with Gasteiger partial charge in [0.15, 0.2) is 0 Å². The molecule has 23 heavy (non-hydrogen) atoms. The Morgan fingerprint density at radius 3 is 2.39 bits per heavy atom. The Morgan fingerprint density at radius 2 is 1.83 bits per heavy atom. The van der Waals surface area contributed by atoms with Crippen molar-refractivity contribution < 1.29 is 22.3 Å². The first-order valence-corrected chi connectivity index (χ1v) is 8.71. The Labute approximate surface area is 136 Å². The number of methoxy groups -OCH3 is 1. The van der Waals surface area contributed by atoms with E-state index in [9.17, 15) is 8.42 Å². The Morgan fingerprint density at radius 1 is 1.13 bits per heavy atom. The van der Waals surface area contributed by atoms with Crippen molar-refractivity contribution in [3.8, 4) is 5.75 Å². The molecule has 0 amide bonds. The van der Waals surface area contributed by atoms with E-state index < -0.39 is 16.1 Å². The molecule has 0 radical (unpaired) electrons. The molecule has 126 valence electrons. The van der Waals surface area contributed by atoms with Gasteiger partial charge in [-0.05, 0) is 50.2 Å². The molecule has 0 saturated heterocycles. The first kappa shape index (κ1) is 17.5. The van der Waals surface area contributed by atoms with Crippen molar-refractivity contribution in [3.63, 3.8) is 0 Å². The standard InChI is InChI=1S/C16H21NO5S/c1-12-4-9-16(22-12)13(2)17-23(18,19)15-7-5-14(6-8-15)21-11-10-20-3/h4-9,13,17H,10-11H2,1-3H3/t13-/m0/s1. The summed E-state index contributed by atoms with van der Waals surface area (Å²) in [6.07, 6.45) is 0. The average molecular weight is 339 g/mol. The van der Waals surface area contributed by atoms with Crippen LogP contribution in [0.2, 0.25) is 0 Å². The molecule has 0 fully saturated rings. The summed E-state index contributed by atoms with van der Waals surface area (Å²) >= 11 is 0. The maximum Gasteiger partial charge on any atom is 0.241 e. The summed E-state index contributed by atoms with van der Waals surface area (Å²) in [6, 6.07) is 9.35. The quantitative estimate of drug-likeness (QED) is 0.748.